The van der Waals surface area contributed by atoms with Crippen LogP contribution in [0.5, 0.6) is 0 Å². The summed E-state index contributed by atoms with van der Waals surface area (Å²) in [5.41, 5.74) is 0.685. The zero-order valence-electron chi connectivity index (χ0n) is 10.8. The molecule has 7 heteroatoms. The van der Waals surface area contributed by atoms with Gasteiger partial charge in [-0.3, -0.25) is 14.9 Å². The van der Waals surface area contributed by atoms with Gasteiger partial charge < -0.3 is 10.0 Å². The first-order valence-electron chi connectivity index (χ1n) is 6.38. The van der Waals surface area contributed by atoms with E-state index in [4.69, 9.17) is 16.7 Å². The highest BCUT2D eigenvalue weighted by Crippen LogP contribution is 2.33. The van der Waals surface area contributed by atoms with Crippen molar-refractivity contribution < 1.29 is 14.8 Å². The van der Waals surface area contributed by atoms with Crippen molar-refractivity contribution in [3.63, 3.8) is 0 Å². The summed E-state index contributed by atoms with van der Waals surface area (Å²) in [6, 6.07) is 4.38. The van der Waals surface area contributed by atoms with E-state index in [1.165, 1.54) is 12.1 Å². The van der Waals surface area contributed by atoms with Crippen molar-refractivity contribution in [1.29, 1.82) is 0 Å². The molecule has 1 aliphatic heterocycles. The largest absolute Gasteiger partial charge is 0.481 e. The summed E-state index contributed by atoms with van der Waals surface area (Å²) in [5, 5.41) is 19.9. The standard InChI is InChI=1S/C13H15ClN2O4/c14-11-7-10(16(19)20)3-4-12(11)15-5-1-2-9(8-15)6-13(17)18/h3-4,7,9H,1-2,5-6,8H2,(H,17,18). The van der Waals surface area contributed by atoms with Crippen LogP contribution in [0, 0.1) is 16.0 Å². The molecule has 1 unspecified atom stereocenters. The van der Waals surface area contributed by atoms with Crippen molar-refractivity contribution in [2.24, 2.45) is 5.92 Å². The van der Waals surface area contributed by atoms with E-state index < -0.39 is 10.9 Å². The molecule has 0 saturated carbocycles. The van der Waals surface area contributed by atoms with Gasteiger partial charge in [-0.15, -0.1) is 0 Å². The summed E-state index contributed by atoms with van der Waals surface area (Å²) in [4.78, 5) is 23.0. The molecule has 2 rings (SSSR count). The Morgan fingerprint density at radius 1 is 1.55 bits per heavy atom. The highest BCUT2D eigenvalue weighted by molar-refractivity contribution is 6.33. The molecule has 1 fully saturated rings. The molecule has 1 heterocycles. The Labute approximate surface area is 121 Å². The molecule has 1 atom stereocenters. The van der Waals surface area contributed by atoms with Gasteiger partial charge in [0.2, 0.25) is 0 Å². The van der Waals surface area contributed by atoms with Crippen LogP contribution in [0.2, 0.25) is 5.02 Å². The lowest BCUT2D eigenvalue weighted by atomic mass is 9.94. The van der Waals surface area contributed by atoms with Crippen molar-refractivity contribution >= 4 is 28.9 Å². The van der Waals surface area contributed by atoms with E-state index in [9.17, 15) is 14.9 Å². The average molecular weight is 299 g/mol. The van der Waals surface area contributed by atoms with Gasteiger partial charge in [0.1, 0.15) is 0 Å². The van der Waals surface area contributed by atoms with Gasteiger partial charge in [-0.25, -0.2) is 0 Å². The predicted molar refractivity (Wildman–Crippen MR) is 75.3 cm³/mol. The van der Waals surface area contributed by atoms with Gasteiger partial charge in [-0.2, -0.15) is 0 Å². The first-order valence-corrected chi connectivity index (χ1v) is 6.76. The molecule has 0 aromatic heterocycles. The number of anilines is 1. The van der Waals surface area contributed by atoms with Gasteiger partial charge in [0.15, 0.2) is 0 Å². The molecule has 0 amide bonds. The van der Waals surface area contributed by atoms with E-state index in [0.717, 1.165) is 25.1 Å². The molecule has 1 aromatic carbocycles. The maximum atomic E-state index is 10.8. The normalized spacial score (nSPS) is 18.9. The van der Waals surface area contributed by atoms with E-state index >= 15 is 0 Å². The minimum Gasteiger partial charge on any atom is -0.481 e. The number of carbonyl (C=O) groups is 1. The van der Waals surface area contributed by atoms with Crippen molar-refractivity contribution in [2.75, 3.05) is 18.0 Å². The fourth-order valence-corrected chi connectivity index (χ4v) is 2.86. The Balaban J connectivity index is 2.14. The summed E-state index contributed by atoms with van der Waals surface area (Å²) >= 11 is 6.10. The number of carboxylic acid groups (broad SMARTS) is 1. The quantitative estimate of drug-likeness (QED) is 0.682. The lowest BCUT2D eigenvalue weighted by Gasteiger charge is -2.34. The highest BCUT2D eigenvalue weighted by Gasteiger charge is 2.24. The van der Waals surface area contributed by atoms with Crippen LogP contribution in [0.25, 0.3) is 0 Å². The Kier molecular flexibility index (Phi) is 4.44. The Bertz CT molecular complexity index is 535. The second-order valence-corrected chi connectivity index (χ2v) is 5.35. The molecule has 108 valence electrons. The lowest BCUT2D eigenvalue weighted by Crippen LogP contribution is -2.36. The first-order chi connectivity index (χ1) is 9.47. The number of benzene rings is 1. The molecular formula is C13H15ClN2O4. The van der Waals surface area contributed by atoms with Crippen LogP contribution in [-0.2, 0) is 4.79 Å². The van der Waals surface area contributed by atoms with Gasteiger partial charge >= 0.3 is 5.97 Å². The van der Waals surface area contributed by atoms with Gasteiger partial charge in [0.05, 0.1) is 15.6 Å². The van der Waals surface area contributed by atoms with Crippen molar-refractivity contribution in [3.05, 3.63) is 33.3 Å². The number of carboxylic acids is 1. The molecule has 1 aliphatic rings. The summed E-state index contributed by atoms with van der Waals surface area (Å²) in [7, 11) is 0. The number of piperidine rings is 1. The average Bonchev–Trinajstić information content (AvgIpc) is 2.38. The van der Waals surface area contributed by atoms with E-state index in [1.54, 1.807) is 6.07 Å². The van der Waals surface area contributed by atoms with Gasteiger partial charge in [0.25, 0.3) is 5.69 Å². The van der Waals surface area contributed by atoms with Crippen molar-refractivity contribution in [3.8, 4) is 0 Å². The third-order valence-corrected chi connectivity index (χ3v) is 3.77. The van der Waals surface area contributed by atoms with Gasteiger partial charge in [-0.05, 0) is 24.8 Å². The third-order valence-electron chi connectivity index (χ3n) is 3.47. The lowest BCUT2D eigenvalue weighted by molar-refractivity contribution is -0.384. The van der Waals surface area contributed by atoms with E-state index in [2.05, 4.69) is 0 Å². The van der Waals surface area contributed by atoms with Crippen LogP contribution in [-0.4, -0.2) is 29.1 Å². The molecule has 1 aromatic rings. The summed E-state index contributed by atoms with van der Waals surface area (Å²) in [6.45, 7) is 1.40. The van der Waals surface area contributed by atoms with Crippen LogP contribution < -0.4 is 4.90 Å². The number of hydrogen-bond donors (Lipinski definition) is 1. The third kappa shape index (κ3) is 3.39. The predicted octanol–water partition coefficient (Wildman–Crippen LogP) is 2.94. The van der Waals surface area contributed by atoms with Crippen LogP contribution in [0.3, 0.4) is 0 Å². The van der Waals surface area contributed by atoms with Gasteiger partial charge in [-0.1, -0.05) is 11.6 Å². The molecular weight excluding hydrogens is 284 g/mol. The fraction of sp³-hybridized carbons (Fsp3) is 0.462. The molecule has 1 N–H and O–H groups in total. The second-order valence-electron chi connectivity index (χ2n) is 4.94. The topological polar surface area (TPSA) is 83.7 Å². The van der Waals surface area contributed by atoms with Gasteiger partial charge in [0, 0.05) is 31.6 Å². The Hall–Kier alpha value is -1.82. The van der Waals surface area contributed by atoms with Crippen LogP contribution in [0.15, 0.2) is 18.2 Å². The number of nitrogens with zero attached hydrogens (tertiary/aromatic N) is 2. The van der Waals surface area contributed by atoms with E-state index in [1.807, 2.05) is 4.90 Å². The monoisotopic (exact) mass is 298 g/mol. The summed E-state index contributed by atoms with van der Waals surface area (Å²) in [5.74, 6) is -0.709. The van der Waals surface area contributed by atoms with Crippen LogP contribution in [0.1, 0.15) is 19.3 Å². The number of aliphatic carboxylic acids is 1. The van der Waals surface area contributed by atoms with Crippen LogP contribution in [0.4, 0.5) is 11.4 Å². The Morgan fingerprint density at radius 2 is 2.30 bits per heavy atom. The smallest absolute Gasteiger partial charge is 0.303 e. The van der Waals surface area contributed by atoms with E-state index in [0.29, 0.717) is 11.6 Å². The summed E-state index contributed by atoms with van der Waals surface area (Å²) in [6.07, 6.45) is 1.92. The zero-order valence-corrected chi connectivity index (χ0v) is 11.5. The van der Waals surface area contributed by atoms with E-state index in [-0.39, 0.29) is 18.0 Å². The molecule has 6 nitrogen and oxygen atoms in total. The highest BCUT2D eigenvalue weighted by atomic mass is 35.5. The van der Waals surface area contributed by atoms with Crippen LogP contribution >= 0.6 is 11.6 Å². The number of rotatable bonds is 4. The number of nitro groups is 1. The second kappa shape index (κ2) is 6.09. The minimum atomic E-state index is -0.799. The fourth-order valence-electron chi connectivity index (χ4n) is 2.56. The molecule has 0 radical (unpaired) electrons. The number of nitro benzene ring substituents is 1. The molecule has 1 saturated heterocycles. The molecule has 20 heavy (non-hydrogen) atoms. The first kappa shape index (κ1) is 14.6. The number of non-ortho nitro benzene ring substituents is 1. The van der Waals surface area contributed by atoms with Crippen molar-refractivity contribution in [2.45, 2.75) is 19.3 Å². The molecule has 0 bridgehead atoms. The Morgan fingerprint density at radius 3 is 2.90 bits per heavy atom. The maximum absolute atomic E-state index is 10.8. The minimum absolute atomic E-state index is 0.0437. The number of halogens is 1. The summed E-state index contributed by atoms with van der Waals surface area (Å²) < 4.78 is 0. The SMILES string of the molecule is O=C(O)CC1CCCN(c2ccc([N+](=O)[O-])cc2Cl)C1. The van der Waals surface area contributed by atoms with Crippen molar-refractivity contribution in [1.82, 2.24) is 0 Å². The maximum Gasteiger partial charge on any atom is 0.303 e. The number of hydrogen-bond acceptors (Lipinski definition) is 4. The molecule has 0 aliphatic carbocycles. The molecule has 0 spiro atoms. The zero-order chi connectivity index (χ0) is 14.7.